The molecule has 0 spiro atoms. The van der Waals surface area contributed by atoms with Gasteiger partial charge in [0.25, 0.3) is 0 Å². The summed E-state index contributed by atoms with van der Waals surface area (Å²) in [6.07, 6.45) is -1.55. The second-order valence-corrected chi connectivity index (χ2v) is 7.11. The molecule has 0 bridgehead atoms. The van der Waals surface area contributed by atoms with Gasteiger partial charge in [-0.2, -0.15) is 23.4 Å². The number of benzene rings is 2. The lowest BCUT2D eigenvalue weighted by molar-refractivity contribution is -0.137. The molecule has 0 aliphatic rings. The number of rotatable bonds is 4. The molecule has 2 heterocycles. The summed E-state index contributed by atoms with van der Waals surface area (Å²) >= 11 is 2.30. The average molecular weight is 506 g/mol. The predicted molar refractivity (Wildman–Crippen MR) is 115 cm³/mol. The van der Waals surface area contributed by atoms with E-state index in [0.717, 1.165) is 27.3 Å². The molecule has 0 amide bonds. The minimum absolute atomic E-state index is 0.128. The minimum atomic E-state index is -4.49. The van der Waals surface area contributed by atoms with Gasteiger partial charge in [-0.3, -0.25) is 4.98 Å². The number of nitrogens with zero attached hydrogens (tertiary/aromatic N) is 3. The summed E-state index contributed by atoms with van der Waals surface area (Å²) in [5.41, 5.74) is 2.74. The highest BCUT2D eigenvalue weighted by molar-refractivity contribution is 14.1. The van der Waals surface area contributed by atoms with Crippen LogP contribution < -0.4 is 5.32 Å². The molecule has 0 aliphatic heterocycles. The Morgan fingerprint density at radius 3 is 2.52 bits per heavy atom. The van der Waals surface area contributed by atoms with Gasteiger partial charge in [0.15, 0.2) is 0 Å². The van der Waals surface area contributed by atoms with Crippen molar-refractivity contribution in [1.29, 1.82) is 0 Å². The van der Waals surface area contributed by atoms with Gasteiger partial charge in [0.05, 0.1) is 28.7 Å². The van der Waals surface area contributed by atoms with Gasteiger partial charge in [-0.05, 0) is 42.0 Å². The third-order valence-electron chi connectivity index (χ3n) is 4.41. The molecule has 2 aromatic heterocycles. The first-order valence-corrected chi connectivity index (χ1v) is 10.2. The third-order valence-corrected chi connectivity index (χ3v) is 5.29. The highest BCUT2D eigenvalue weighted by Crippen LogP contribution is 2.37. The van der Waals surface area contributed by atoms with Gasteiger partial charge in [-0.25, -0.2) is 0 Å². The smallest absolute Gasteiger partial charge is 0.354 e. The van der Waals surface area contributed by atoms with Crippen molar-refractivity contribution in [2.45, 2.75) is 10.6 Å². The number of alkyl halides is 4. The van der Waals surface area contributed by atoms with E-state index in [1.807, 2.05) is 24.3 Å². The second kappa shape index (κ2) is 7.94. The Morgan fingerprint density at radius 2 is 1.79 bits per heavy atom. The molecular weight excluding hydrogens is 492 g/mol. The number of hydrogen-bond donors (Lipinski definition) is 1. The summed E-state index contributed by atoms with van der Waals surface area (Å²) in [7, 11) is 0. The van der Waals surface area contributed by atoms with E-state index in [-0.39, 0.29) is 5.69 Å². The van der Waals surface area contributed by atoms with Gasteiger partial charge in [0.1, 0.15) is 0 Å². The molecule has 8 heteroatoms. The Hall–Kier alpha value is -2.75. The van der Waals surface area contributed by atoms with Crippen LogP contribution in [0.1, 0.15) is 11.1 Å². The zero-order valence-corrected chi connectivity index (χ0v) is 17.1. The number of halogens is 4. The summed E-state index contributed by atoms with van der Waals surface area (Å²) < 4.78 is 40.9. The lowest BCUT2D eigenvalue weighted by atomic mass is 10.0. The first-order valence-electron chi connectivity index (χ1n) is 8.65. The van der Waals surface area contributed by atoms with Crippen LogP contribution in [0, 0.1) is 0 Å². The Labute approximate surface area is 178 Å². The van der Waals surface area contributed by atoms with Crippen molar-refractivity contribution < 1.29 is 13.2 Å². The van der Waals surface area contributed by atoms with E-state index in [1.165, 1.54) is 17.8 Å². The molecule has 4 aromatic rings. The molecule has 0 saturated carbocycles. The first-order chi connectivity index (χ1) is 14.0. The second-order valence-electron chi connectivity index (χ2n) is 6.34. The molecule has 0 saturated heterocycles. The minimum Gasteiger partial charge on any atom is -0.354 e. The van der Waals surface area contributed by atoms with E-state index in [2.05, 4.69) is 43.1 Å². The zero-order chi connectivity index (χ0) is 20.4. The third kappa shape index (κ3) is 4.16. The van der Waals surface area contributed by atoms with Crippen LogP contribution in [-0.4, -0.2) is 15.2 Å². The van der Waals surface area contributed by atoms with Gasteiger partial charge < -0.3 is 5.32 Å². The van der Waals surface area contributed by atoms with Gasteiger partial charge in [-0.1, -0.05) is 40.8 Å². The fraction of sp³-hybridized carbons (Fsp3) is 0.0952. The Bertz CT molecular complexity index is 1160. The lowest BCUT2D eigenvalue weighted by Gasteiger charge is -2.13. The van der Waals surface area contributed by atoms with E-state index >= 15 is 0 Å². The Balaban J connectivity index is 1.73. The summed E-state index contributed by atoms with van der Waals surface area (Å²) in [5, 5.41) is 12.1. The van der Waals surface area contributed by atoms with Gasteiger partial charge in [0, 0.05) is 27.3 Å². The number of anilines is 2. The molecule has 4 nitrogen and oxygen atoms in total. The van der Waals surface area contributed by atoms with Gasteiger partial charge >= 0.3 is 6.18 Å². The fourth-order valence-electron chi connectivity index (χ4n) is 3.00. The maximum absolute atomic E-state index is 13.3. The van der Waals surface area contributed by atoms with Gasteiger partial charge in [0.2, 0.25) is 0 Å². The molecule has 0 unspecified atom stereocenters. The number of fused-ring (bicyclic) bond motifs is 1. The normalized spacial score (nSPS) is 11.6. The van der Waals surface area contributed by atoms with Crippen LogP contribution in [0.25, 0.3) is 22.2 Å². The van der Waals surface area contributed by atoms with Crippen LogP contribution in [-0.2, 0) is 10.6 Å². The molecule has 0 fully saturated rings. The van der Waals surface area contributed by atoms with E-state index in [4.69, 9.17) is 0 Å². The number of nitrogens with one attached hydrogen (secondary N) is 1. The highest BCUT2D eigenvalue weighted by Gasteiger charge is 2.34. The summed E-state index contributed by atoms with van der Waals surface area (Å²) in [6, 6.07) is 15.2. The summed E-state index contributed by atoms with van der Waals surface area (Å²) in [6.45, 7) is 0. The number of hydrogen-bond acceptors (Lipinski definition) is 4. The maximum atomic E-state index is 13.3. The Morgan fingerprint density at radius 1 is 1.00 bits per heavy atom. The van der Waals surface area contributed by atoms with Crippen molar-refractivity contribution in [1.82, 2.24) is 15.2 Å². The zero-order valence-electron chi connectivity index (χ0n) is 14.9. The quantitative estimate of drug-likeness (QED) is 0.258. The van der Waals surface area contributed by atoms with E-state index in [0.29, 0.717) is 11.1 Å². The Kier molecular flexibility index (Phi) is 5.35. The largest absolute Gasteiger partial charge is 0.418 e. The number of pyridine rings is 1. The van der Waals surface area contributed by atoms with Crippen molar-refractivity contribution in [3.8, 4) is 11.3 Å². The number of aromatic nitrogens is 3. The van der Waals surface area contributed by atoms with Crippen LogP contribution in [0.3, 0.4) is 0 Å². The summed E-state index contributed by atoms with van der Waals surface area (Å²) in [4.78, 5) is 3.94. The van der Waals surface area contributed by atoms with E-state index in [1.54, 1.807) is 24.4 Å². The van der Waals surface area contributed by atoms with Crippen molar-refractivity contribution >= 4 is 44.9 Å². The van der Waals surface area contributed by atoms with Gasteiger partial charge in [-0.15, -0.1) is 0 Å². The van der Waals surface area contributed by atoms with Crippen LogP contribution in [0.15, 0.2) is 67.0 Å². The summed E-state index contributed by atoms with van der Waals surface area (Å²) in [5.74, 6) is 0. The molecule has 0 atom stereocenters. The highest BCUT2D eigenvalue weighted by atomic mass is 127. The van der Waals surface area contributed by atoms with E-state index < -0.39 is 11.7 Å². The molecule has 4 rings (SSSR count). The monoisotopic (exact) mass is 506 g/mol. The molecule has 29 heavy (non-hydrogen) atoms. The topological polar surface area (TPSA) is 50.7 Å². The lowest BCUT2D eigenvalue weighted by Crippen LogP contribution is -2.08. The van der Waals surface area contributed by atoms with Crippen molar-refractivity contribution in [2.75, 3.05) is 5.32 Å². The molecule has 1 N–H and O–H groups in total. The predicted octanol–water partition coefficient (Wildman–Crippen LogP) is 6.39. The van der Waals surface area contributed by atoms with E-state index in [9.17, 15) is 13.2 Å². The standard InChI is InChI=1S/C21H14F3IN4/c22-21(23,24)17-2-1-9-26-20(17)14-5-8-16-18(10-14)29-27-12-19(16)28-15-6-3-13(11-25)4-7-15/h1-10,12H,11H2,(H,28,29). The average Bonchev–Trinajstić information content (AvgIpc) is 2.73. The van der Waals surface area contributed by atoms with Crippen molar-refractivity contribution in [3.05, 3.63) is 78.1 Å². The molecular formula is C21H14F3IN4. The molecule has 146 valence electrons. The van der Waals surface area contributed by atoms with Crippen LogP contribution in [0.2, 0.25) is 0 Å². The SMILES string of the molecule is FC(F)(F)c1cccnc1-c1ccc2c(Nc3ccc(CI)cc3)cnnc2c1. The van der Waals surface area contributed by atoms with Crippen molar-refractivity contribution in [2.24, 2.45) is 0 Å². The van der Waals surface area contributed by atoms with Crippen LogP contribution in [0.5, 0.6) is 0 Å². The first kappa shape index (κ1) is 19.6. The van der Waals surface area contributed by atoms with Crippen molar-refractivity contribution in [3.63, 3.8) is 0 Å². The molecule has 2 aromatic carbocycles. The fourth-order valence-corrected chi connectivity index (χ4v) is 3.51. The van der Waals surface area contributed by atoms with Crippen LogP contribution in [0.4, 0.5) is 24.5 Å². The molecule has 0 aliphatic carbocycles. The maximum Gasteiger partial charge on any atom is 0.418 e. The molecule has 0 radical (unpaired) electrons. The van der Waals surface area contributed by atoms with Crippen LogP contribution >= 0.6 is 22.6 Å².